The Morgan fingerprint density at radius 2 is 2.00 bits per heavy atom. The van der Waals surface area contributed by atoms with Crippen molar-refractivity contribution in [1.82, 2.24) is 5.32 Å². The second-order valence-corrected chi connectivity index (χ2v) is 6.72. The quantitative estimate of drug-likeness (QED) is 0.840. The number of aliphatic hydroxyl groups excluding tert-OH is 1. The van der Waals surface area contributed by atoms with E-state index in [0.29, 0.717) is 16.4 Å². The SMILES string of the molecule is CCC(CC)(CO)CNC(=O)c1sc2ccccc2c1Cl. The van der Waals surface area contributed by atoms with Crippen molar-refractivity contribution in [2.45, 2.75) is 26.7 Å². The molecule has 0 bridgehead atoms. The molecular weight excluding hydrogens is 306 g/mol. The summed E-state index contributed by atoms with van der Waals surface area (Å²) in [7, 11) is 0. The minimum atomic E-state index is -0.251. The summed E-state index contributed by atoms with van der Waals surface area (Å²) >= 11 is 7.70. The predicted molar refractivity (Wildman–Crippen MR) is 89.3 cm³/mol. The third kappa shape index (κ3) is 3.23. The summed E-state index contributed by atoms with van der Waals surface area (Å²) in [4.78, 5) is 12.9. The van der Waals surface area contributed by atoms with Crippen LogP contribution in [-0.4, -0.2) is 24.2 Å². The zero-order valence-corrected chi connectivity index (χ0v) is 13.9. The van der Waals surface area contributed by atoms with Crippen molar-refractivity contribution in [1.29, 1.82) is 0 Å². The largest absolute Gasteiger partial charge is 0.396 e. The number of amides is 1. The van der Waals surface area contributed by atoms with Crippen LogP contribution >= 0.6 is 22.9 Å². The van der Waals surface area contributed by atoms with E-state index in [9.17, 15) is 9.90 Å². The van der Waals surface area contributed by atoms with E-state index in [2.05, 4.69) is 5.32 Å². The molecule has 0 spiro atoms. The highest BCUT2D eigenvalue weighted by molar-refractivity contribution is 7.21. The summed E-state index contributed by atoms with van der Waals surface area (Å²) in [5.74, 6) is -0.166. The summed E-state index contributed by atoms with van der Waals surface area (Å²) in [5.41, 5.74) is -0.251. The van der Waals surface area contributed by atoms with Gasteiger partial charge >= 0.3 is 0 Å². The van der Waals surface area contributed by atoms with Crippen LogP contribution in [0, 0.1) is 5.41 Å². The minimum absolute atomic E-state index is 0.0699. The molecule has 2 aromatic rings. The molecule has 0 saturated carbocycles. The second kappa shape index (κ2) is 6.77. The molecule has 114 valence electrons. The number of fused-ring (bicyclic) bond motifs is 1. The molecule has 1 heterocycles. The summed E-state index contributed by atoms with van der Waals surface area (Å²) in [6.07, 6.45) is 1.64. The average Bonchev–Trinajstić information content (AvgIpc) is 2.87. The standard InChI is InChI=1S/C16H20ClNO2S/c1-3-16(4-2,10-19)9-18-15(20)14-13(17)11-7-5-6-8-12(11)21-14/h5-8,19H,3-4,9-10H2,1-2H3,(H,18,20). The molecule has 1 amide bonds. The number of hydrogen-bond acceptors (Lipinski definition) is 3. The van der Waals surface area contributed by atoms with Gasteiger partial charge in [-0.3, -0.25) is 4.79 Å². The van der Waals surface area contributed by atoms with E-state index in [1.165, 1.54) is 11.3 Å². The molecule has 21 heavy (non-hydrogen) atoms. The lowest BCUT2D eigenvalue weighted by Crippen LogP contribution is -2.39. The van der Waals surface area contributed by atoms with Gasteiger partial charge < -0.3 is 10.4 Å². The first-order valence-electron chi connectivity index (χ1n) is 7.13. The highest BCUT2D eigenvalue weighted by Crippen LogP contribution is 2.35. The zero-order valence-electron chi connectivity index (χ0n) is 12.3. The molecule has 0 fully saturated rings. The Bertz CT molecular complexity index is 626. The highest BCUT2D eigenvalue weighted by atomic mass is 35.5. The van der Waals surface area contributed by atoms with Crippen LogP contribution in [0.25, 0.3) is 10.1 Å². The van der Waals surface area contributed by atoms with Crippen molar-refractivity contribution in [3.63, 3.8) is 0 Å². The Hall–Kier alpha value is -1.10. The van der Waals surface area contributed by atoms with E-state index in [1.807, 2.05) is 38.1 Å². The van der Waals surface area contributed by atoms with Gasteiger partial charge in [-0.05, 0) is 18.9 Å². The molecule has 0 aliphatic heterocycles. The number of halogens is 1. The lowest BCUT2D eigenvalue weighted by molar-refractivity contribution is 0.0854. The normalized spacial score (nSPS) is 11.8. The lowest BCUT2D eigenvalue weighted by atomic mass is 9.83. The lowest BCUT2D eigenvalue weighted by Gasteiger charge is -2.29. The fraction of sp³-hybridized carbons (Fsp3) is 0.438. The van der Waals surface area contributed by atoms with Gasteiger partial charge in [-0.1, -0.05) is 43.6 Å². The number of carbonyl (C=O) groups is 1. The van der Waals surface area contributed by atoms with Crippen LogP contribution in [0.1, 0.15) is 36.4 Å². The van der Waals surface area contributed by atoms with Gasteiger partial charge in [0.2, 0.25) is 0 Å². The first-order chi connectivity index (χ1) is 10.1. The summed E-state index contributed by atoms with van der Waals surface area (Å²) in [6.45, 7) is 4.58. The number of hydrogen-bond donors (Lipinski definition) is 2. The number of thiophene rings is 1. The topological polar surface area (TPSA) is 49.3 Å². The van der Waals surface area contributed by atoms with Gasteiger partial charge in [0.25, 0.3) is 5.91 Å². The van der Waals surface area contributed by atoms with E-state index in [4.69, 9.17) is 11.6 Å². The van der Waals surface area contributed by atoms with Crippen molar-refractivity contribution in [3.8, 4) is 0 Å². The van der Waals surface area contributed by atoms with Crippen molar-refractivity contribution in [2.75, 3.05) is 13.2 Å². The maximum Gasteiger partial charge on any atom is 0.262 e. The van der Waals surface area contributed by atoms with Gasteiger partial charge in [-0.2, -0.15) is 0 Å². The van der Waals surface area contributed by atoms with Gasteiger partial charge in [0, 0.05) is 22.0 Å². The van der Waals surface area contributed by atoms with Gasteiger partial charge in [-0.25, -0.2) is 0 Å². The van der Waals surface area contributed by atoms with Gasteiger partial charge in [0.1, 0.15) is 4.88 Å². The molecule has 1 aromatic carbocycles. The third-order valence-corrected chi connectivity index (χ3v) is 5.87. The highest BCUT2D eigenvalue weighted by Gasteiger charge is 2.27. The monoisotopic (exact) mass is 325 g/mol. The fourth-order valence-corrected chi connectivity index (χ4v) is 3.72. The van der Waals surface area contributed by atoms with Crippen molar-refractivity contribution in [3.05, 3.63) is 34.2 Å². The third-order valence-electron chi connectivity index (χ3n) is 4.20. The van der Waals surface area contributed by atoms with Crippen molar-refractivity contribution < 1.29 is 9.90 Å². The van der Waals surface area contributed by atoms with Crippen LogP contribution < -0.4 is 5.32 Å². The van der Waals surface area contributed by atoms with Crippen LogP contribution in [0.5, 0.6) is 0 Å². The van der Waals surface area contributed by atoms with Crippen LogP contribution in [-0.2, 0) is 0 Å². The Morgan fingerprint density at radius 1 is 1.33 bits per heavy atom. The Morgan fingerprint density at radius 3 is 2.57 bits per heavy atom. The molecule has 0 radical (unpaired) electrons. The van der Waals surface area contributed by atoms with Crippen molar-refractivity contribution in [2.24, 2.45) is 5.41 Å². The average molecular weight is 326 g/mol. The van der Waals surface area contributed by atoms with E-state index >= 15 is 0 Å². The Kier molecular flexibility index (Phi) is 5.25. The smallest absolute Gasteiger partial charge is 0.262 e. The maximum atomic E-state index is 12.4. The molecule has 2 rings (SSSR count). The minimum Gasteiger partial charge on any atom is -0.396 e. The molecular formula is C16H20ClNO2S. The van der Waals surface area contributed by atoms with Crippen molar-refractivity contribution >= 4 is 38.9 Å². The molecule has 0 aliphatic rings. The van der Waals surface area contributed by atoms with Gasteiger partial charge in [0.15, 0.2) is 0 Å². The van der Waals surface area contributed by atoms with Crippen LogP contribution in [0.15, 0.2) is 24.3 Å². The number of rotatable bonds is 6. The molecule has 0 unspecified atom stereocenters. The van der Waals surface area contributed by atoms with Gasteiger partial charge in [-0.15, -0.1) is 11.3 Å². The number of carbonyl (C=O) groups excluding carboxylic acids is 1. The maximum absolute atomic E-state index is 12.4. The molecule has 0 saturated heterocycles. The second-order valence-electron chi connectivity index (χ2n) is 5.29. The van der Waals surface area contributed by atoms with Gasteiger partial charge in [0.05, 0.1) is 11.6 Å². The van der Waals surface area contributed by atoms with E-state index < -0.39 is 0 Å². The number of nitrogens with one attached hydrogen (secondary N) is 1. The number of aliphatic hydroxyl groups is 1. The van der Waals surface area contributed by atoms with Crippen LogP contribution in [0.2, 0.25) is 5.02 Å². The summed E-state index contributed by atoms with van der Waals surface area (Å²) in [5, 5.41) is 13.9. The molecule has 0 aliphatic carbocycles. The first kappa shape index (κ1) is 16.3. The zero-order chi connectivity index (χ0) is 15.5. The predicted octanol–water partition coefficient (Wildman–Crippen LogP) is 4.08. The van der Waals surface area contributed by atoms with Crippen LogP contribution in [0.3, 0.4) is 0 Å². The fourth-order valence-electron chi connectivity index (χ4n) is 2.29. The summed E-state index contributed by atoms with van der Waals surface area (Å²) in [6, 6.07) is 7.72. The molecule has 0 atom stereocenters. The first-order valence-corrected chi connectivity index (χ1v) is 8.32. The van der Waals surface area contributed by atoms with Crippen LogP contribution in [0.4, 0.5) is 0 Å². The molecule has 1 aromatic heterocycles. The Labute approximate surface area is 133 Å². The summed E-state index contributed by atoms with van der Waals surface area (Å²) < 4.78 is 1.01. The molecule has 5 heteroatoms. The Balaban J connectivity index is 2.17. The molecule has 2 N–H and O–H groups in total. The molecule has 3 nitrogen and oxygen atoms in total. The number of benzene rings is 1. The van der Waals surface area contributed by atoms with E-state index in [1.54, 1.807) is 0 Å². The van der Waals surface area contributed by atoms with E-state index in [0.717, 1.165) is 22.9 Å². The van der Waals surface area contributed by atoms with E-state index in [-0.39, 0.29) is 17.9 Å².